The first-order chi connectivity index (χ1) is 22.8. The topological polar surface area (TPSA) is 147 Å². The van der Waals surface area contributed by atoms with Crippen molar-refractivity contribution in [2.45, 2.75) is 96.6 Å². The zero-order valence-electron chi connectivity index (χ0n) is 27.5. The first kappa shape index (κ1) is 34.1. The van der Waals surface area contributed by atoms with E-state index in [0.29, 0.717) is 58.9 Å². The monoisotopic (exact) mass is 659 g/mol. The van der Waals surface area contributed by atoms with Crippen LogP contribution in [0.1, 0.15) is 96.1 Å². The highest BCUT2D eigenvalue weighted by Crippen LogP contribution is 2.38. The molecule has 2 aromatic heterocycles. The third-order valence-corrected chi connectivity index (χ3v) is 9.67. The van der Waals surface area contributed by atoms with Crippen molar-refractivity contribution in [3.8, 4) is 0 Å². The molecule has 1 aliphatic carbocycles. The van der Waals surface area contributed by atoms with Gasteiger partial charge in [0, 0.05) is 47.0 Å². The van der Waals surface area contributed by atoms with Gasteiger partial charge >= 0.3 is 11.9 Å². The molecule has 0 spiro atoms. The number of oxime groups is 2. The first-order valence-corrected chi connectivity index (χ1v) is 17.7. The van der Waals surface area contributed by atoms with Gasteiger partial charge in [-0.2, -0.15) is 0 Å². The lowest BCUT2D eigenvalue weighted by Crippen LogP contribution is -2.09. The van der Waals surface area contributed by atoms with Gasteiger partial charge in [0.25, 0.3) is 0 Å². The summed E-state index contributed by atoms with van der Waals surface area (Å²) >= 11 is 1.44. The largest absolute Gasteiger partial charge is 0.458 e. The molecule has 11 heteroatoms. The number of nitrogen functional groups attached to an aromatic ring is 2. The van der Waals surface area contributed by atoms with Crippen molar-refractivity contribution < 1.29 is 23.7 Å². The van der Waals surface area contributed by atoms with E-state index >= 15 is 0 Å². The molecule has 0 saturated heterocycles. The second kappa shape index (κ2) is 16.0. The number of hydrogen-bond donors (Lipinski definition) is 2. The minimum Gasteiger partial charge on any atom is -0.458 e. The summed E-state index contributed by atoms with van der Waals surface area (Å²) in [5.74, 6) is 0.262. The lowest BCUT2D eigenvalue weighted by Gasteiger charge is -2.13. The third kappa shape index (κ3) is 8.19. The molecule has 1 saturated carbocycles. The Morgan fingerprint density at radius 2 is 1.55 bits per heavy atom. The third-order valence-electron chi connectivity index (χ3n) is 8.74. The maximum atomic E-state index is 12.5. The Bertz CT molecular complexity index is 1770. The van der Waals surface area contributed by atoms with Crippen LogP contribution in [0.15, 0.2) is 62.5 Å². The summed E-state index contributed by atoms with van der Waals surface area (Å²) in [5.41, 5.74) is 19.2. The Kier molecular flexibility index (Phi) is 11.6. The number of anilines is 2. The fourth-order valence-corrected chi connectivity index (χ4v) is 7.06. The summed E-state index contributed by atoms with van der Waals surface area (Å²) in [4.78, 5) is 35.2. The number of carbonyl (C=O) groups is 2. The maximum absolute atomic E-state index is 12.5. The second-order valence-electron chi connectivity index (χ2n) is 12.0. The minimum absolute atomic E-state index is 0.202. The number of furan rings is 1. The Morgan fingerprint density at radius 1 is 0.915 bits per heavy atom. The summed E-state index contributed by atoms with van der Waals surface area (Å²) in [6.07, 6.45) is 10.4. The number of aromatic nitrogens is 1. The van der Waals surface area contributed by atoms with E-state index in [1.807, 2.05) is 37.3 Å². The number of nitrogens with zero attached hydrogens (tertiary/aromatic N) is 3. The van der Waals surface area contributed by atoms with E-state index in [0.717, 1.165) is 52.2 Å². The molecule has 0 bridgehead atoms. The summed E-state index contributed by atoms with van der Waals surface area (Å²) < 4.78 is 7.63. The molecule has 250 valence electrons. The van der Waals surface area contributed by atoms with Crippen LogP contribution in [-0.4, -0.2) is 33.7 Å². The van der Waals surface area contributed by atoms with Gasteiger partial charge in [-0.1, -0.05) is 68.0 Å². The van der Waals surface area contributed by atoms with E-state index < -0.39 is 5.97 Å². The van der Waals surface area contributed by atoms with Gasteiger partial charge in [0.15, 0.2) is 5.09 Å². The summed E-state index contributed by atoms with van der Waals surface area (Å²) in [6, 6.07) is 11.6. The standard InChI is InChI=1S/C36H45N5O5S/c1-4-7-13-33(43)46-39-30(16-15-23-11-8-9-12-23)24-18-26-27-19-25(21-29(38)36(27)41(6-3)35(26)28(37)20-24)31(40-45-32(42)5-2)22-47-34-14-10-17-44-34/h10,14,17-21,23H,4-9,11-13,15-16,22,37-38H2,1-3H3/b39-30+,40-31+. The molecule has 0 unspecified atom stereocenters. The van der Waals surface area contributed by atoms with Crippen LogP contribution in [0.5, 0.6) is 0 Å². The van der Waals surface area contributed by atoms with Crippen LogP contribution in [0.25, 0.3) is 21.8 Å². The van der Waals surface area contributed by atoms with Crippen LogP contribution in [0, 0.1) is 5.92 Å². The van der Waals surface area contributed by atoms with Crippen molar-refractivity contribution in [1.82, 2.24) is 4.57 Å². The Morgan fingerprint density at radius 3 is 2.15 bits per heavy atom. The van der Waals surface area contributed by atoms with Crippen molar-refractivity contribution in [1.29, 1.82) is 0 Å². The van der Waals surface area contributed by atoms with Gasteiger partial charge in [0.05, 0.1) is 40.1 Å². The Hall–Kier alpha value is -4.25. The summed E-state index contributed by atoms with van der Waals surface area (Å²) in [6.45, 7) is 6.46. The molecule has 0 amide bonds. The lowest BCUT2D eigenvalue weighted by atomic mass is 9.95. The number of thioether (sulfide) groups is 1. The number of aryl methyl sites for hydroxylation is 1. The van der Waals surface area contributed by atoms with Crippen molar-refractivity contribution in [2.24, 2.45) is 16.2 Å². The predicted molar refractivity (Wildman–Crippen MR) is 190 cm³/mol. The van der Waals surface area contributed by atoms with Gasteiger partial charge in [0.1, 0.15) is 0 Å². The molecule has 2 heterocycles. The average molecular weight is 660 g/mol. The van der Waals surface area contributed by atoms with Crippen molar-refractivity contribution >= 4 is 68.3 Å². The Labute approximate surface area is 279 Å². The average Bonchev–Trinajstić information content (AvgIpc) is 3.85. The summed E-state index contributed by atoms with van der Waals surface area (Å²) in [5, 5.41) is 11.2. The molecular formula is C36H45N5O5S. The molecule has 0 aliphatic heterocycles. The number of unbranched alkanes of at least 4 members (excludes halogenated alkanes) is 1. The van der Waals surface area contributed by atoms with E-state index in [9.17, 15) is 9.59 Å². The van der Waals surface area contributed by atoms with Crippen LogP contribution in [0.4, 0.5) is 11.4 Å². The molecule has 1 fully saturated rings. The van der Waals surface area contributed by atoms with Crippen molar-refractivity contribution in [3.63, 3.8) is 0 Å². The van der Waals surface area contributed by atoms with E-state index in [4.69, 9.17) is 25.6 Å². The molecular weight excluding hydrogens is 614 g/mol. The second-order valence-corrected chi connectivity index (χ2v) is 13.0. The quantitative estimate of drug-likeness (QED) is 0.0425. The molecule has 5 rings (SSSR count). The fraction of sp³-hybridized carbons (Fsp3) is 0.444. The smallest absolute Gasteiger partial charge is 0.335 e. The molecule has 4 N–H and O–H groups in total. The van der Waals surface area contributed by atoms with Crippen LogP contribution >= 0.6 is 11.8 Å². The Balaban J connectivity index is 1.60. The molecule has 47 heavy (non-hydrogen) atoms. The number of rotatable bonds is 15. The van der Waals surface area contributed by atoms with Gasteiger partial charge in [-0.15, -0.1) is 0 Å². The van der Waals surface area contributed by atoms with E-state index in [1.54, 1.807) is 13.2 Å². The highest BCUT2D eigenvalue weighted by molar-refractivity contribution is 7.99. The number of hydrogen-bond acceptors (Lipinski definition) is 10. The molecule has 4 aromatic rings. The fourth-order valence-electron chi connectivity index (χ4n) is 6.26. The van der Waals surface area contributed by atoms with E-state index in [1.165, 1.54) is 37.4 Å². The van der Waals surface area contributed by atoms with Gasteiger partial charge in [-0.3, -0.25) is 0 Å². The van der Waals surface area contributed by atoms with Crippen molar-refractivity contribution in [3.05, 3.63) is 53.8 Å². The molecule has 0 atom stereocenters. The predicted octanol–water partition coefficient (Wildman–Crippen LogP) is 8.43. The molecule has 10 nitrogen and oxygen atoms in total. The number of benzene rings is 2. The normalized spacial score (nSPS) is 14.4. The van der Waals surface area contributed by atoms with Gasteiger partial charge in [0.2, 0.25) is 0 Å². The van der Waals surface area contributed by atoms with Crippen LogP contribution in [0.3, 0.4) is 0 Å². The maximum Gasteiger partial charge on any atom is 0.335 e. The first-order valence-electron chi connectivity index (χ1n) is 16.7. The zero-order valence-corrected chi connectivity index (χ0v) is 28.4. The van der Waals surface area contributed by atoms with Crippen LogP contribution < -0.4 is 11.5 Å². The SMILES string of the molecule is CCCCC(=O)O/N=C(\CCC1CCCC1)c1cc(N)c2c(c1)c1cc(/C(CSc3ccco3)=N/OC(=O)CC)cc(N)c1n2CC. The van der Waals surface area contributed by atoms with Gasteiger partial charge in [-0.25, -0.2) is 9.59 Å². The van der Waals surface area contributed by atoms with Gasteiger partial charge < -0.3 is 30.1 Å². The highest BCUT2D eigenvalue weighted by atomic mass is 32.2. The van der Waals surface area contributed by atoms with E-state index in [2.05, 4.69) is 27.9 Å². The summed E-state index contributed by atoms with van der Waals surface area (Å²) in [7, 11) is 0. The number of carbonyl (C=O) groups excluding carboxylic acids is 2. The van der Waals surface area contributed by atoms with Crippen molar-refractivity contribution in [2.75, 3.05) is 17.2 Å². The van der Waals surface area contributed by atoms with E-state index in [-0.39, 0.29) is 12.4 Å². The minimum atomic E-state index is -0.431. The molecule has 1 aliphatic rings. The molecule has 2 aromatic carbocycles. The lowest BCUT2D eigenvalue weighted by molar-refractivity contribution is -0.144. The van der Waals surface area contributed by atoms with Gasteiger partial charge in [-0.05, 0) is 68.5 Å². The highest BCUT2D eigenvalue weighted by Gasteiger charge is 2.22. The van der Waals surface area contributed by atoms with Crippen LogP contribution in [0.2, 0.25) is 0 Å². The number of fused-ring (bicyclic) bond motifs is 3. The zero-order chi connectivity index (χ0) is 33.3. The molecule has 0 radical (unpaired) electrons. The number of nitrogens with two attached hydrogens (primary N) is 2. The van der Waals surface area contributed by atoms with Crippen LogP contribution in [-0.2, 0) is 25.8 Å².